The summed E-state index contributed by atoms with van der Waals surface area (Å²) in [5, 5.41) is 17.5. The largest absolute Gasteiger partial charge is 0.416 e. The van der Waals surface area contributed by atoms with Crippen LogP contribution in [0.25, 0.3) is 0 Å². The Bertz CT molecular complexity index is 829. The van der Waals surface area contributed by atoms with Gasteiger partial charge in [-0.3, -0.25) is 30.9 Å². The number of aromatic amines is 1. The van der Waals surface area contributed by atoms with Gasteiger partial charge in [0.2, 0.25) is 0 Å². The average molecular weight is 355 g/mol. The van der Waals surface area contributed by atoms with E-state index in [2.05, 4.69) is 21.0 Å². The summed E-state index contributed by atoms with van der Waals surface area (Å²) in [4.78, 5) is 22.0. The molecule has 1 aliphatic carbocycles. The summed E-state index contributed by atoms with van der Waals surface area (Å²) in [6.45, 7) is 0. The molecule has 8 nitrogen and oxygen atoms in total. The normalized spacial score (nSPS) is 14.2. The van der Waals surface area contributed by atoms with Gasteiger partial charge >= 0.3 is 6.18 Å². The number of alkyl halides is 3. The molecule has 1 amide bonds. The number of rotatable bonds is 5. The maximum Gasteiger partial charge on any atom is 0.416 e. The van der Waals surface area contributed by atoms with E-state index in [-0.39, 0.29) is 11.4 Å². The summed E-state index contributed by atoms with van der Waals surface area (Å²) < 4.78 is 37.9. The quantitative estimate of drug-likeness (QED) is 0.564. The summed E-state index contributed by atoms with van der Waals surface area (Å²) >= 11 is 0. The molecule has 11 heteroatoms. The highest BCUT2D eigenvalue weighted by atomic mass is 19.4. The molecule has 0 radical (unpaired) electrons. The van der Waals surface area contributed by atoms with E-state index < -0.39 is 28.3 Å². The molecule has 1 aliphatic rings. The third-order valence-electron chi connectivity index (χ3n) is 3.68. The topological polar surface area (TPSA) is 113 Å². The molecule has 1 fully saturated rings. The molecule has 3 N–H and O–H groups in total. The Morgan fingerprint density at radius 1 is 1.32 bits per heavy atom. The fraction of sp³-hybridized carbons (Fsp3) is 0.286. The molecule has 0 spiro atoms. The maximum atomic E-state index is 12.6. The number of benzene rings is 1. The van der Waals surface area contributed by atoms with Gasteiger partial charge in [0.25, 0.3) is 11.6 Å². The van der Waals surface area contributed by atoms with Crippen LogP contribution >= 0.6 is 0 Å². The molecule has 0 atom stereocenters. The lowest BCUT2D eigenvalue weighted by Crippen LogP contribution is -2.30. The van der Waals surface area contributed by atoms with Crippen LogP contribution < -0.4 is 10.9 Å². The molecule has 0 bridgehead atoms. The van der Waals surface area contributed by atoms with Gasteiger partial charge in [0, 0.05) is 17.7 Å². The molecule has 1 heterocycles. The average Bonchev–Trinajstić information content (AvgIpc) is 3.28. The van der Waals surface area contributed by atoms with Crippen molar-refractivity contribution in [2.24, 2.45) is 0 Å². The second-order valence-corrected chi connectivity index (χ2v) is 5.55. The fourth-order valence-electron chi connectivity index (χ4n) is 2.21. The Labute approximate surface area is 138 Å². The van der Waals surface area contributed by atoms with Crippen molar-refractivity contribution in [1.82, 2.24) is 15.6 Å². The third-order valence-corrected chi connectivity index (χ3v) is 3.68. The second-order valence-electron chi connectivity index (χ2n) is 5.55. The van der Waals surface area contributed by atoms with Crippen molar-refractivity contribution in [3.8, 4) is 0 Å². The molecule has 25 heavy (non-hydrogen) atoms. The lowest BCUT2D eigenvalue weighted by molar-refractivity contribution is -0.384. The molecule has 132 valence electrons. The molecule has 1 aromatic heterocycles. The van der Waals surface area contributed by atoms with Crippen LogP contribution in [0.5, 0.6) is 0 Å². The van der Waals surface area contributed by atoms with Gasteiger partial charge in [0.15, 0.2) is 5.69 Å². The molecule has 0 aliphatic heterocycles. The van der Waals surface area contributed by atoms with E-state index in [4.69, 9.17) is 0 Å². The Hall–Kier alpha value is -3.11. The highest BCUT2D eigenvalue weighted by molar-refractivity contribution is 5.93. The Morgan fingerprint density at radius 2 is 2.04 bits per heavy atom. The van der Waals surface area contributed by atoms with Crippen molar-refractivity contribution < 1.29 is 22.9 Å². The summed E-state index contributed by atoms with van der Waals surface area (Å²) in [5.41, 5.74) is 3.11. The van der Waals surface area contributed by atoms with E-state index >= 15 is 0 Å². The lowest BCUT2D eigenvalue weighted by Gasteiger charge is -2.10. The minimum Gasteiger partial charge on any atom is -0.292 e. The minimum absolute atomic E-state index is 0.0731. The van der Waals surface area contributed by atoms with Gasteiger partial charge < -0.3 is 0 Å². The van der Waals surface area contributed by atoms with Crippen LogP contribution in [-0.2, 0) is 6.18 Å². The smallest absolute Gasteiger partial charge is 0.292 e. The third kappa shape index (κ3) is 3.70. The predicted molar refractivity (Wildman–Crippen MR) is 79.8 cm³/mol. The van der Waals surface area contributed by atoms with Gasteiger partial charge in [-0.25, -0.2) is 0 Å². The minimum atomic E-state index is -4.71. The van der Waals surface area contributed by atoms with E-state index in [1.165, 1.54) is 0 Å². The number of hydrogen-bond acceptors (Lipinski definition) is 5. The zero-order chi connectivity index (χ0) is 18.2. The number of nitrogens with one attached hydrogen (secondary N) is 3. The number of carbonyl (C=O) groups is 1. The zero-order valence-electron chi connectivity index (χ0n) is 12.6. The van der Waals surface area contributed by atoms with Crippen LogP contribution in [0.3, 0.4) is 0 Å². The Balaban J connectivity index is 1.73. The Morgan fingerprint density at radius 3 is 2.64 bits per heavy atom. The molecule has 1 aromatic carbocycles. The molecule has 3 rings (SSSR count). The van der Waals surface area contributed by atoms with Gasteiger partial charge in [0.05, 0.1) is 10.5 Å². The van der Waals surface area contributed by atoms with Crippen LogP contribution in [0.2, 0.25) is 0 Å². The highest BCUT2D eigenvalue weighted by Crippen LogP contribution is 2.39. The van der Waals surface area contributed by atoms with Gasteiger partial charge in [-0.05, 0) is 31.0 Å². The van der Waals surface area contributed by atoms with E-state index in [9.17, 15) is 28.1 Å². The molecule has 0 unspecified atom stereocenters. The number of H-pyrrole nitrogens is 1. The van der Waals surface area contributed by atoms with Crippen LogP contribution in [0.4, 0.5) is 24.5 Å². The van der Waals surface area contributed by atoms with Crippen molar-refractivity contribution in [3.63, 3.8) is 0 Å². The van der Waals surface area contributed by atoms with Crippen LogP contribution in [0.1, 0.15) is 40.5 Å². The second kappa shape index (κ2) is 6.07. The van der Waals surface area contributed by atoms with Crippen molar-refractivity contribution in [1.29, 1.82) is 0 Å². The van der Waals surface area contributed by atoms with Crippen molar-refractivity contribution in [2.75, 3.05) is 5.43 Å². The van der Waals surface area contributed by atoms with E-state index in [0.29, 0.717) is 18.1 Å². The standard InChI is InChI=1S/C14H12F3N5O3/c15-14(16,17)8-3-4-9(12(5-8)22(24)25)18-21-13(23)11-6-10(19-20-11)7-1-2-7/h3-7,18H,1-2H2,(H,19,20)(H,21,23). The van der Waals surface area contributed by atoms with Crippen LogP contribution in [0.15, 0.2) is 24.3 Å². The van der Waals surface area contributed by atoms with Gasteiger partial charge in [-0.15, -0.1) is 0 Å². The highest BCUT2D eigenvalue weighted by Gasteiger charge is 2.33. The number of hydrogen-bond donors (Lipinski definition) is 3. The molecule has 0 saturated heterocycles. The summed E-state index contributed by atoms with van der Waals surface area (Å²) in [5.74, 6) is -0.310. The first kappa shape index (κ1) is 16.7. The first-order valence-electron chi connectivity index (χ1n) is 7.23. The number of hydrazine groups is 1. The van der Waals surface area contributed by atoms with E-state index in [1.54, 1.807) is 6.07 Å². The number of halogens is 3. The van der Waals surface area contributed by atoms with Crippen molar-refractivity contribution >= 4 is 17.3 Å². The molecular formula is C14H12F3N5O3. The summed E-state index contributed by atoms with van der Waals surface area (Å²) in [6, 6.07) is 3.52. The zero-order valence-corrected chi connectivity index (χ0v) is 12.6. The van der Waals surface area contributed by atoms with E-state index in [1.807, 2.05) is 0 Å². The first-order chi connectivity index (χ1) is 11.8. The van der Waals surface area contributed by atoms with Gasteiger partial charge in [-0.2, -0.15) is 18.3 Å². The van der Waals surface area contributed by atoms with E-state index in [0.717, 1.165) is 24.6 Å². The molecular weight excluding hydrogens is 343 g/mol. The number of amides is 1. The monoisotopic (exact) mass is 355 g/mol. The fourth-order valence-corrected chi connectivity index (χ4v) is 2.21. The number of anilines is 1. The van der Waals surface area contributed by atoms with Gasteiger partial charge in [-0.1, -0.05) is 0 Å². The van der Waals surface area contributed by atoms with Crippen molar-refractivity contribution in [3.05, 3.63) is 51.3 Å². The maximum absolute atomic E-state index is 12.6. The lowest BCUT2D eigenvalue weighted by atomic mass is 10.1. The number of nitro benzene ring substituents is 1. The molecule has 2 aromatic rings. The first-order valence-corrected chi connectivity index (χ1v) is 7.23. The number of nitro groups is 1. The summed E-state index contributed by atoms with van der Waals surface area (Å²) in [7, 11) is 0. The number of carbonyl (C=O) groups excluding carboxylic acids is 1. The molecule has 1 saturated carbocycles. The predicted octanol–water partition coefficient (Wildman–Crippen LogP) is 2.97. The SMILES string of the molecule is O=C(NNc1ccc(C(F)(F)F)cc1[N+](=O)[O-])c1cc(C2CC2)[nH]n1. The van der Waals surface area contributed by atoms with Crippen LogP contribution in [0, 0.1) is 10.1 Å². The van der Waals surface area contributed by atoms with Gasteiger partial charge in [0.1, 0.15) is 5.69 Å². The van der Waals surface area contributed by atoms with Crippen molar-refractivity contribution in [2.45, 2.75) is 24.9 Å². The Kier molecular flexibility index (Phi) is 4.07. The number of nitrogens with zero attached hydrogens (tertiary/aromatic N) is 2. The summed E-state index contributed by atoms with van der Waals surface area (Å²) in [6.07, 6.45) is -2.68. The number of aromatic nitrogens is 2. The van der Waals surface area contributed by atoms with Crippen LogP contribution in [-0.4, -0.2) is 21.0 Å².